The molecule has 0 fully saturated rings. The third-order valence-electron chi connectivity index (χ3n) is 3.04. The Balaban J connectivity index is 1.98. The lowest BCUT2D eigenvalue weighted by Crippen LogP contribution is -2.06. The molecule has 2 N–H and O–H groups in total. The largest absolute Gasteiger partial charge is 0.453 e. The van der Waals surface area contributed by atoms with Crippen molar-refractivity contribution in [1.29, 1.82) is 0 Å². The Morgan fingerprint density at radius 3 is 2.90 bits per heavy atom. The fraction of sp³-hybridized carbons (Fsp3) is 0.200. The SMILES string of the molecule is Cc1ccc2oc(C(=O)c3csc(C(C)N)n3)cc2c1. The van der Waals surface area contributed by atoms with Gasteiger partial charge in [-0.3, -0.25) is 4.79 Å². The van der Waals surface area contributed by atoms with Crippen molar-refractivity contribution in [1.82, 2.24) is 4.98 Å². The van der Waals surface area contributed by atoms with Gasteiger partial charge in [0, 0.05) is 10.8 Å². The second kappa shape index (κ2) is 4.85. The first kappa shape index (κ1) is 13.0. The van der Waals surface area contributed by atoms with E-state index >= 15 is 0 Å². The van der Waals surface area contributed by atoms with Crippen LogP contribution in [0.15, 0.2) is 34.1 Å². The first-order valence-corrected chi connectivity index (χ1v) is 7.18. The number of benzene rings is 1. The van der Waals surface area contributed by atoms with E-state index in [0.29, 0.717) is 17.0 Å². The molecular weight excluding hydrogens is 272 g/mol. The number of thiazole rings is 1. The molecule has 4 nitrogen and oxygen atoms in total. The number of carbonyl (C=O) groups is 1. The molecule has 0 saturated carbocycles. The van der Waals surface area contributed by atoms with E-state index in [1.165, 1.54) is 11.3 Å². The van der Waals surface area contributed by atoms with Crippen molar-refractivity contribution in [3.8, 4) is 0 Å². The zero-order valence-electron chi connectivity index (χ0n) is 11.2. The van der Waals surface area contributed by atoms with Gasteiger partial charge in [-0.15, -0.1) is 11.3 Å². The summed E-state index contributed by atoms with van der Waals surface area (Å²) in [6.45, 7) is 3.85. The van der Waals surface area contributed by atoms with E-state index in [-0.39, 0.29) is 11.8 Å². The Labute approximate surface area is 120 Å². The van der Waals surface area contributed by atoms with Crippen LogP contribution in [0, 0.1) is 6.92 Å². The van der Waals surface area contributed by atoms with Gasteiger partial charge in [0.15, 0.2) is 5.76 Å². The van der Waals surface area contributed by atoms with E-state index < -0.39 is 0 Å². The van der Waals surface area contributed by atoms with Crippen LogP contribution in [0.5, 0.6) is 0 Å². The lowest BCUT2D eigenvalue weighted by molar-refractivity contribution is 0.101. The van der Waals surface area contributed by atoms with Gasteiger partial charge in [-0.1, -0.05) is 11.6 Å². The summed E-state index contributed by atoms with van der Waals surface area (Å²) in [6.07, 6.45) is 0. The van der Waals surface area contributed by atoms with Crippen LogP contribution >= 0.6 is 11.3 Å². The van der Waals surface area contributed by atoms with E-state index in [4.69, 9.17) is 10.2 Å². The predicted octanol–water partition coefficient (Wildman–Crippen LogP) is 3.45. The second-order valence-electron chi connectivity index (χ2n) is 4.84. The summed E-state index contributed by atoms with van der Waals surface area (Å²) < 4.78 is 5.59. The highest BCUT2D eigenvalue weighted by atomic mass is 32.1. The monoisotopic (exact) mass is 286 g/mol. The highest BCUT2D eigenvalue weighted by Crippen LogP contribution is 2.24. The van der Waals surface area contributed by atoms with Gasteiger partial charge in [-0.2, -0.15) is 0 Å². The number of furan rings is 1. The molecule has 1 atom stereocenters. The van der Waals surface area contributed by atoms with E-state index in [9.17, 15) is 4.79 Å². The molecule has 3 aromatic rings. The fourth-order valence-corrected chi connectivity index (χ4v) is 2.76. The van der Waals surface area contributed by atoms with E-state index in [1.807, 2.05) is 32.0 Å². The molecule has 0 aliphatic rings. The molecule has 0 radical (unpaired) electrons. The van der Waals surface area contributed by atoms with Crippen molar-refractivity contribution >= 4 is 28.1 Å². The summed E-state index contributed by atoms with van der Waals surface area (Å²) in [4.78, 5) is 16.6. The summed E-state index contributed by atoms with van der Waals surface area (Å²) in [6, 6.07) is 7.41. The molecule has 5 heteroatoms. The molecule has 3 rings (SSSR count). The maximum absolute atomic E-state index is 12.3. The number of fused-ring (bicyclic) bond motifs is 1. The van der Waals surface area contributed by atoms with E-state index in [2.05, 4.69) is 4.98 Å². The highest BCUT2D eigenvalue weighted by molar-refractivity contribution is 7.09. The Hall–Kier alpha value is -1.98. The summed E-state index contributed by atoms with van der Waals surface area (Å²) >= 11 is 1.39. The molecule has 102 valence electrons. The number of carbonyl (C=O) groups excluding carboxylic acids is 1. The molecule has 0 bridgehead atoms. The first-order chi connectivity index (χ1) is 9.54. The van der Waals surface area contributed by atoms with E-state index in [1.54, 1.807) is 11.4 Å². The molecule has 20 heavy (non-hydrogen) atoms. The molecule has 0 saturated heterocycles. The van der Waals surface area contributed by atoms with Gasteiger partial charge in [0.2, 0.25) is 5.78 Å². The third kappa shape index (κ3) is 2.26. The van der Waals surface area contributed by atoms with E-state index in [0.717, 1.165) is 16.0 Å². The minimum atomic E-state index is -0.206. The van der Waals surface area contributed by atoms with Crippen LogP contribution in [0.3, 0.4) is 0 Å². The molecule has 0 amide bonds. The lowest BCUT2D eigenvalue weighted by Gasteiger charge is -1.96. The first-order valence-electron chi connectivity index (χ1n) is 6.30. The van der Waals surface area contributed by atoms with Gasteiger partial charge in [-0.25, -0.2) is 4.98 Å². The summed E-state index contributed by atoms with van der Waals surface area (Å²) in [7, 11) is 0. The van der Waals surface area contributed by atoms with Crippen molar-refractivity contribution in [2.75, 3.05) is 0 Å². The predicted molar refractivity (Wildman–Crippen MR) is 79.1 cm³/mol. The van der Waals surface area contributed by atoms with Crippen LogP contribution in [0.25, 0.3) is 11.0 Å². The normalized spacial score (nSPS) is 12.8. The molecule has 2 aromatic heterocycles. The minimum absolute atomic E-state index is 0.167. The van der Waals surface area contributed by atoms with Gasteiger partial charge in [-0.05, 0) is 32.0 Å². The maximum Gasteiger partial charge on any atom is 0.247 e. The minimum Gasteiger partial charge on any atom is -0.453 e. The van der Waals surface area contributed by atoms with Gasteiger partial charge in [0.25, 0.3) is 0 Å². The number of hydrogen-bond acceptors (Lipinski definition) is 5. The molecule has 1 unspecified atom stereocenters. The smallest absolute Gasteiger partial charge is 0.247 e. The van der Waals surface area contributed by atoms with Crippen molar-refractivity contribution in [2.24, 2.45) is 5.73 Å². The molecular formula is C15H14N2O2S. The number of nitrogens with zero attached hydrogens (tertiary/aromatic N) is 1. The number of aryl methyl sites for hydroxylation is 1. The summed E-state index contributed by atoms with van der Waals surface area (Å²) in [5.41, 5.74) is 7.98. The average molecular weight is 286 g/mol. The van der Waals surface area contributed by atoms with Gasteiger partial charge in [0.05, 0.1) is 6.04 Å². The lowest BCUT2D eigenvalue weighted by atomic mass is 10.1. The van der Waals surface area contributed by atoms with Crippen LogP contribution in [-0.2, 0) is 0 Å². The number of rotatable bonds is 3. The van der Waals surface area contributed by atoms with Crippen LogP contribution < -0.4 is 5.73 Å². The molecule has 0 aliphatic carbocycles. The quantitative estimate of drug-likeness (QED) is 0.749. The van der Waals surface area contributed by atoms with Crippen LogP contribution in [0.2, 0.25) is 0 Å². The molecule has 1 aromatic carbocycles. The summed E-state index contributed by atoms with van der Waals surface area (Å²) in [5.74, 6) is 0.106. The highest BCUT2D eigenvalue weighted by Gasteiger charge is 2.18. The fourth-order valence-electron chi connectivity index (χ4n) is 2.00. The topological polar surface area (TPSA) is 69.1 Å². The molecule has 0 aliphatic heterocycles. The van der Waals surface area contributed by atoms with Gasteiger partial charge < -0.3 is 10.2 Å². The Morgan fingerprint density at radius 1 is 1.40 bits per heavy atom. The Kier molecular flexibility index (Phi) is 3.16. The van der Waals surface area contributed by atoms with Gasteiger partial charge in [0.1, 0.15) is 16.3 Å². The number of hydrogen-bond donors (Lipinski definition) is 1. The van der Waals surface area contributed by atoms with Crippen LogP contribution in [-0.4, -0.2) is 10.8 Å². The average Bonchev–Trinajstić information content (AvgIpc) is 3.03. The number of nitrogens with two attached hydrogens (primary N) is 1. The summed E-state index contributed by atoms with van der Waals surface area (Å²) in [5, 5.41) is 3.40. The zero-order valence-corrected chi connectivity index (χ0v) is 12.0. The molecule has 0 spiro atoms. The number of aromatic nitrogens is 1. The van der Waals surface area contributed by atoms with Gasteiger partial charge >= 0.3 is 0 Å². The zero-order chi connectivity index (χ0) is 14.3. The van der Waals surface area contributed by atoms with Crippen molar-refractivity contribution in [3.05, 3.63) is 51.7 Å². The molecule has 2 heterocycles. The van der Waals surface area contributed by atoms with Crippen LogP contribution in [0.4, 0.5) is 0 Å². The second-order valence-corrected chi connectivity index (χ2v) is 5.73. The standard InChI is InChI=1S/C15H14N2O2S/c1-8-3-4-12-10(5-8)6-13(19-12)14(18)11-7-20-15(17-11)9(2)16/h3-7,9H,16H2,1-2H3. The Bertz CT molecular complexity index is 786. The Morgan fingerprint density at radius 2 is 2.20 bits per heavy atom. The van der Waals surface area contributed by atoms with Crippen molar-refractivity contribution in [3.63, 3.8) is 0 Å². The van der Waals surface area contributed by atoms with Crippen molar-refractivity contribution < 1.29 is 9.21 Å². The van der Waals surface area contributed by atoms with Crippen LogP contribution in [0.1, 0.15) is 39.8 Å². The van der Waals surface area contributed by atoms with Crippen molar-refractivity contribution in [2.45, 2.75) is 19.9 Å². The maximum atomic E-state index is 12.3. The number of ketones is 1. The third-order valence-corrected chi connectivity index (χ3v) is 4.09.